The largest absolute Gasteiger partial charge is 0.394 e. The zero-order valence-corrected chi connectivity index (χ0v) is 11.9. The first-order valence-corrected chi connectivity index (χ1v) is 7.46. The minimum absolute atomic E-state index is 0.110. The lowest BCUT2D eigenvalue weighted by atomic mass is 9.89. The van der Waals surface area contributed by atoms with Crippen molar-refractivity contribution in [1.82, 2.24) is 0 Å². The molecule has 0 aliphatic heterocycles. The van der Waals surface area contributed by atoms with Gasteiger partial charge in [-0.3, -0.25) is 0 Å². The van der Waals surface area contributed by atoms with Gasteiger partial charge in [0.1, 0.15) is 5.82 Å². The Morgan fingerprint density at radius 1 is 1.10 bits per heavy atom. The Labute approximate surface area is 122 Å². The van der Waals surface area contributed by atoms with Crippen molar-refractivity contribution in [2.75, 3.05) is 12.4 Å². The van der Waals surface area contributed by atoms with E-state index in [2.05, 4.69) is 0 Å². The smallest absolute Gasteiger partial charge is 0.124 e. The Morgan fingerprint density at radius 3 is 2.50 bits per heavy atom. The summed E-state index contributed by atoms with van der Waals surface area (Å²) in [7, 11) is 0. The minimum atomic E-state index is -0.748. The molecule has 0 saturated heterocycles. The molecular weight excluding hydrogens is 273 g/mol. The van der Waals surface area contributed by atoms with Crippen LogP contribution in [0.3, 0.4) is 0 Å². The monoisotopic (exact) mass is 291 g/mol. The van der Waals surface area contributed by atoms with E-state index in [9.17, 15) is 9.50 Å². The fourth-order valence-electron chi connectivity index (χ4n) is 1.99. The maximum absolute atomic E-state index is 13.1. The van der Waals surface area contributed by atoms with E-state index in [1.54, 1.807) is 17.8 Å². The van der Waals surface area contributed by atoms with Gasteiger partial charge in [0, 0.05) is 10.6 Å². The average molecular weight is 291 g/mol. The van der Waals surface area contributed by atoms with Crippen molar-refractivity contribution in [2.24, 2.45) is 5.73 Å². The molecule has 0 bridgehead atoms. The molecule has 0 radical (unpaired) electrons. The quantitative estimate of drug-likeness (QED) is 0.804. The Morgan fingerprint density at radius 2 is 1.85 bits per heavy atom. The van der Waals surface area contributed by atoms with Crippen LogP contribution in [-0.4, -0.2) is 17.5 Å². The summed E-state index contributed by atoms with van der Waals surface area (Å²) < 4.78 is 13.1. The summed E-state index contributed by atoms with van der Waals surface area (Å²) in [5.41, 5.74) is 6.45. The molecule has 1 atom stereocenters. The van der Waals surface area contributed by atoms with Gasteiger partial charge in [-0.2, -0.15) is 0 Å². The van der Waals surface area contributed by atoms with E-state index in [0.717, 1.165) is 16.2 Å². The SMILES string of the molecule is NC(CO)(CCSc1cccc(F)c1)c1ccccc1. The van der Waals surface area contributed by atoms with Crippen LogP contribution in [0.15, 0.2) is 59.5 Å². The van der Waals surface area contributed by atoms with Gasteiger partial charge in [-0.15, -0.1) is 11.8 Å². The van der Waals surface area contributed by atoms with E-state index < -0.39 is 5.54 Å². The van der Waals surface area contributed by atoms with E-state index in [1.807, 2.05) is 36.4 Å². The second-order valence-electron chi connectivity index (χ2n) is 4.74. The Balaban J connectivity index is 1.98. The van der Waals surface area contributed by atoms with Crippen LogP contribution in [-0.2, 0) is 5.54 Å². The van der Waals surface area contributed by atoms with Crippen LogP contribution in [0.5, 0.6) is 0 Å². The van der Waals surface area contributed by atoms with Crippen molar-refractivity contribution in [3.05, 3.63) is 66.0 Å². The number of halogens is 1. The minimum Gasteiger partial charge on any atom is -0.394 e. The number of benzene rings is 2. The molecule has 106 valence electrons. The molecule has 0 aromatic heterocycles. The predicted molar refractivity (Wildman–Crippen MR) is 81.1 cm³/mol. The van der Waals surface area contributed by atoms with E-state index in [1.165, 1.54) is 12.1 Å². The van der Waals surface area contributed by atoms with E-state index in [4.69, 9.17) is 5.73 Å². The summed E-state index contributed by atoms with van der Waals surface area (Å²) in [6.45, 7) is -0.110. The summed E-state index contributed by atoms with van der Waals surface area (Å²) in [5, 5.41) is 9.59. The molecule has 3 N–H and O–H groups in total. The van der Waals surface area contributed by atoms with Crippen LogP contribution >= 0.6 is 11.8 Å². The standard InChI is InChI=1S/C16H18FNOS/c17-14-7-4-8-15(11-14)20-10-9-16(18,12-19)13-5-2-1-3-6-13/h1-8,11,19H,9-10,12,18H2. The van der Waals surface area contributed by atoms with E-state index in [0.29, 0.717) is 6.42 Å². The highest BCUT2D eigenvalue weighted by Crippen LogP contribution is 2.27. The van der Waals surface area contributed by atoms with Gasteiger partial charge >= 0.3 is 0 Å². The molecule has 2 nitrogen and oxygen atoms in total. The number of aliphatic hydroxyl groups is 1. The molecule has 0 fully saturated rings. The summed E-state index contributed by atoms with van der Waals surface area (Å²) in [5.74, 6) is 0.481. The second-order valence-corrected chi connectivity index (χ2v) is 5.90. The van der Waals surface area contributed by atoms with Gasteiger partial charge in [0.05, 0.1) is 12.1 Å². The van der Waals surface area contributed by atoms with Crippen LogP contribution in [0, 0.1) is 5.82 Å². The van der Waals surface area contributed by atoms with Gasteiger partial charge < -0.3 is 10.8 Å². The van der Waals surface area contributed by atoms with Gasteiger partial charge in [-0.25, -0.2) is 4.39 Å². The molecule has 0 aliphatic rings. The molecule has 2 aromatic rings. The van der Waals surface area contributed by atoms with Crippen molar-refractivity contribution in [2.45, 2.75) is 16.9 Å². The number of aliphatic hydroxyl groups excluding tert-OH is 1. The first kappa shape index (κ1) is 15.0. The van der Waals surface area contributed by atoms with Crippen LogP contribution in [0.1, 0.15) is 12.0 Å². The molecule has 20 heavy (non-hydrogen) atoms. The topological polar surface area (TPSA) is 46.2 Å². The predicted octanol–water partition coefficient (Wildman–Crippen LogP) is 3.15. The molecule has 0 amide bonds. The van der Waals surface area contributed by atoms with Crippen molar-refractivity contribution in [1.29, 1.82) is 0 Å². The third-order valence-electron chi connectivity index (χ3n) is 3.24. The molecule has 2 aromatic carbocycles. The first-order chi connectivity index (χ1) is 9.64. The van der Waals surface area contributed by atoms with Gasteiger partial charge in [-0.1, -0.05) is 36.4 Å². The van der Waals surface area contributed by atoms with Crippen molar-refractivity contribution in [3.8, 4) is 0 Å². The van der Waals surface area contributed by atoms with Gasteiger partial charge in [-0.05, 0) is 30.2 Å². The van der Waals surface area contributed by atoms with E-state index >= 15 is 0 Å². The molecule has 1 unspecified atom stereocenters. The number of nitrogens with two attached hydrogens (primary N) is 1. The zero-order chi connectivity index (χ0) is 14.4. The van der Waals surface area contributed by atoms with Crippen LogP contribution in [0.4, 0.5) is 4.39 Å². The summed E-state index contributed by atoms with van der Waals surface area (Å²) in [4.78, 5) is 0.873. The highest BCUT2D eigenvalue weighted by atomic mass is 32.2. The average Bonchev–Trinajstić information content (AvgIpc) is 2.48. The molecular formula is C16H18FNOS. The first-order valence-electron chi connectivity index (χ1n) is 6.48. The number of thioether (sulfide) groups is 1. The Hall–Kier alpha value is -1.36. The highest BCUT2D eigenvalue weighted by molar-refractivity contribution is 7.99. The third-order valence-corrected chi connectivity index (χ3v) is 4.24. The molecule has 4 heteroatoms. The molecule has 0 spiro atoms. The number of hydrogen-bond donors (Lipinski definition) is 2. The lowest BCUT2D eigenvalue weighted by Gasteiger charge is -2.27. The second kappa shape index (κ2) is 6.88. The van der Waals surface area contributed by atoms with Crippen molar-refractivity contribution in [3.63, 3.8) is 0 Å². The molecule has 2 rings (SSSR count). The molecule has 0 heterocycles. The number of rotatable bonds is 6. The molecule has 0 aliphatic carbocycles. The summed E-state index contributed by atoms with van der Waals surface area (Å²) >= 11 is 1.54. The summed E-state index contributed by atoms with van der Waals surface area (Å²) in [6, 6.07) is 16.1. The lowest BCUT2D eigenvalue weighted by molar-refractivity contribution is 0.193. The fraction of sp³-hybridized carbons (Fsp3) is 0.250. The maximum atomic E-state index is 13.1. The Bertz CT molecular complexity index is 549. The fourth-order valence-corrected chi connectivity index (χ4v) is 3.07. The van der Waals surface area contributed by atoms with Crippen LogP contribution in [0.25, 0.3) is 0 Å². The molecule has 0 saturated carbocycles. The maximum Gasteiger partial charge on any atom is 0.124 e. The Kier molecular flexibility index (Phi) is 5.17. The van der Waals surface area contributed by atoms with Gasteiger partial charge in [0.15, 0.2) is 0 Å². The number of hydrogen-bond acceptors (Lipinski definition) is 3. The van der Waals surface area contributed by atoms with Crippen LogP contribution < -0.4 is 5.73 Å². The van der Waals surface area contributed by atoms with Crippen LogP contribution in [0.2, 0.25) is 0 Å². The lowest BCUT2D eigenvalue weighted by Crippen LogP contribution is -2.41. The summed E-state index contributed by atoms with van der Waals surface area (Å²) in [6.07, 6.45) is 0.620. The van der Waals surface area contributed by atoms with Crippen molar-refractivity contribution < 1.29 is 9.50 Å². The van der Waals surface area contributed by atoms with Crippen molar-refractivity contribution >= 4 is 11.8 Å². The van der Waals surface area contributed by atoms with E-state index in [-0.39, 0.29) is 12.4 Å². The normalized spacial score (nSPS) is 13.9. The third kappa shape index (κ3) is 3.82. The zero-order valence-electron chi connectivity index (χ0n) is 11.1. The highest BCUT2D eigenvalue weighted by Gasteiger charge is 2.25. The van der Waals surface area contributed by atoms with Gasteiger partial charge in [0.2, 0.25) is 0 Å². The van der Waals surface area contributed by atoms with Gasteiger partial charge in [0.25, 0.3) is 0 Å².